The van der Waals surface area contributed by atoms with Crippen LogP contribution in [0.5, 0.6) is 0 Å². The molecule has 2 rings (SSSR count). The second kappa shape index (κ2) is 6.63. The molecule has 1 heterocycles. The number of rotatable bonds is 6. The minimum Gasteiger partial charge on any atom is -0.310 e. The first-order valence-corrected chi connectivity index (χ1v) is 6.60. The van der Waals surface area contributed by atoms with Gasteiger partial charge in [-0.05, 0) is 30.7 Å². The minimum absolute atomic E-state index is 0.131. The third kappa shape index (κ3) is 4.01. The molecule has 0 aliphatic carbocycles. The molecular formula is C13H16ClFN4. The Kier molecular flexibility index (Phi) is 4.87. The maximum absolute atomic E-state index is 13.3. The van der Waals surface area contributed by atoms with Gasteiger partial charge in [-0.25, -0.2) is 14.1 Å². The maximum Gasteiger partial charge on any atom is 0.164 e. The Morgan fingerprint density at radius 1 is 1.42 bits per heavy atom. The normalized spacial score (nSPS) is 10.9. The molecule has 0 spiro atoms. The highest BCUT2D eigenvalue weighted by molar-refractivity contribution is 6.30. The highest BCUT2D eigenvalue weighted by Gasteiger charge is 2.04. The molecular weight excluding hydrogens is 267 g/mol. The van der Waals surface area contributed by atoms with E-state index in [2.05, 4.69) is 22.3 Å². The highest BCUT2D eigenvalue weighted by atomic mass is 35.5. The Labute approximate surface area is 116 Å². The predicted molar refractivity (Wildman–Crippen MR) is 72.5 cm³/mol. The van der Waals surface area contributed by atoms with E-state index in [0.29, 0.717) is 13.1 Å². The number of benzene rings is 1. The molecule has 102 valence electrons. The first-order valence-electron chi connectivity index (χ1n) is 6.22. The van der Waals surface area contributed by atoms with Crippen LogP contribution in [0.25, 0.3) is 0 Å². The van der Waals surface area contributed by atoms with Crippen LogP contribution in [0, 0.1) is 5.82 Å². The summed E-state index contributed by atoms with van der Waals surface area (Å²) in [5, 5.41) is 7.68. The van der Waals surface area contributed by atoms with Crippen molar-refractivity contribution < 1.29 is 4.39 Å². The van der Waals surface area contributed by atoms with E-state index in [0.717, 1.165) is 24.4 Å². The molecule has 0 unspecified atom stereocenters. The second-order valence-electron chi connectivity index (χ2n) is 4.28. The standard InChI is InChI=1S/C13H16ClFN4/c1-2-5-16-7-13-17-9-19(18-13)8-10-3-4-11(14)12(15)6-10/h3-4,6,9,16H,2,5,7-8H2,1H3. The quantitative estimate of drug-likeness (QED) is 0.828. The molecule has 0 bridgehead atoms. The summed E-state index contributed by atoms with van der Waals surface area (Å²) < 4.78 is 15.0. The third-order valence-electron chi connectivity index (χ3n) is 2.62. The summed E-state index contributed by atoms with van der Waals surface area (Å²) in [6.45, 7) is 4.18. The largest absolute Gasteiger partial charge is 0.310 e. The van der Waals surface area contributed by atoms with Crippen molar-refractivity contribution in [1.29, 1.82) is 0 Å². The fourth-order valence-corrected chi connectivity index (χ4v) is 1.81. The number of nitrogens with one attached hydrogen (secondary N) is 1. The van der Waals surface area contributed by atoms with Crippen LogP contribution in [0.1, 0.15) is 24.7 Å². The maximum atomic E-state index is 13.3. The average molecular weight is 283 g/mol. The van der Waals surface area contributed by atoms with Crippen LogP contribution >= 0.6 is 11.6 Å². The topological polar surface area (TPSA) is 42.7 Å². The van der Waals surface area contributed by atoms with Crippen molar-refractivity contribution in [3.63, 3.8) is 0 Å². The first kappa shape index (κ1) is 14.0. The van der Waals surface area contributed by atoms with Crippen molar-refractivity contribution in [2.75, 3.05) is 6.54 Å². The molecule has 0 aliphatic rings. The highest BCUT2D eigenvalue weighted by Crippen LogP contribution is 2.16. The van der Waals surface area contributed by atoms with E-state index in [4.69, 9.17) is 11.6 Å². The summed E-state index contributed by atoms with van der Waals surface area (Å²) >= 11 is 5.64. The van der Waals surface area contributed by atoms with Gasteiger partial charge in [0.2, 0.25) is 0 Å². The van der Waals surface area contributed by atoms with Crippen LogP contribution in [0.15, 0.2) is 24.5 Å². The molecule has 0 saturated carbocycles. The predicted octanol–water partition coefficient (Wildman–Crippen LogP) is 2.62. The molecule has 0 saturated heterocycles. The van der Waals surface area contributed by atoms with Crippen LogP contribution < -0.4 is 5.32 Å². The van der Waals surface area contributed by atoms with Gasteiger partial charge in [-0.2, -0.15) is 5.10 Å². The summed E-state index contributed by atoms with van der Waals surface area (Å²) in [4.78, 5) is 4.19. The summed E-state index contributed by atoms with van der Waals surface area (Å²) in [5.74, 6) is 0.326. The van der Waals surface area contributed by atoms with Gasteiger partial charge in [0.05, 0.1) is 18.1 Å². The van der Waals surface area contributed by atoms with Gasteiger partial charge in [-0.15, -0.1) is 0 Å². The number of nitrogens with zero attached hydrogens (tertiary/aromatic N) is 3. The molecule has 0 aliphatic heterocycles. The van der Waals surface area contributed by atoms with Crippen molar-refractivity contribution in [2.45, 2.75) is 26.4 Å². The van der Waals surface area contributed by atoms with E-state index in [-0.39, 0.29) is 5.02 Å². The molecule has 2 aromatic rings. The van der Waals surface area contributed by atoms with E-state index in [9.17, 15) is 4.39 Å². The van der Waals surface area contributed by atoms with E-state index in [1.54, 1.807) is 23.1 Å². The Hall–Kier alpha value is -1.46. The molecule has 19 heavy (non-hydrogen) atoms. The van der Waals surface area contributed by atoms with E-state index in [1.165, 1.54) is 6.07 Å². The lowest BCUT2D eigenvalue weighted by Crippen LogP contribution is -2.15. The number of aromatic nitrogens is 3. The van der Waals surface area contributed by atoms with Crippen LogP contribution in [0.3, 0.4) is 0 Å². The van der Waals surface area contributed by atoms with Gasteiger partial charge in [0.15, 0.2) is 5.82 Å². The Bertz CT molecular complexity index is 541. The van der Waals surface area contributed by atoms with Crippen LogP contribution in [0.4, 0.5) is 4.39 Å². The monoisotopic (exact) mass is 282 g/mol. The SMILES string of the molecule is CCCNCc1ncn(Cc2ccc(Cl)c(F)c2)n1. The molecule has 0 atom stereocenters. The summed E-state index contributed by atoms with van der Waals surface area (Å²) in [6.07, 6.45) is 2.72. The lowest BCUT2D eigenvalue weighted by Gasteiger charge is -2.02. The van der Waals surface area contributed by atoms with Gasteiger partial charge in [-0.3, -0.25) is 0 Å². The Morgan fingerprint density at radius 2 is 2.26 bits per heavy atom. The number of hydrogen-bond acceptors (Lipinski definition) is 3. The van der Waals surface area contributed by atoms with Crippen molar-refractivity contribution in [3.8, 4) is 0 Å². The molecule has 1 aromatic heterocycles. The van der Waals surface area contributed by atoms with Gasteiger partial charge < -0.3 is 5.32 Å². The average Bonchev–Trinajstić information content (AvgIpc) is 2.82. The van der Waals surface area contributed by atoms with Crippen LogP contribution in [0.2, 0.25) is 5.02 Å². The van der Waals surface area contributed by atoms with Crippen LogP contribution in [-0.4, -0.2) is 21.3 Å². The first-order chi connectivity index (χ1) is 9.19. The van der Waals surface area contributed by atoms with Crippen molar-refractivity contribution in [3.05, 3.63) is 46.8 Å². The zero-order chi connectivity index (χ0) is 13.7. The summed E-state index contributed by atoms with van der Waals surface area (Å²) in [5.41, 5.74) is 0.805. The van der Waals surface area contributed by atoms with E-state index >= 15 is 0 Å². The zero-order valence-electron chi connectivity index (χ0n) is 10.7. The van der Waals surface area contributed by atoms with E-state index < -0.39 is 5.82 Å². The molecule has 1 aromatic carbocycles. The zero-order valence-corrected chi connectivity index (χ0v) is 11.5. The fraction of sp³-hybridized carbons (Fsp3) is 0.385. The lowest BCUT2D eigenvalue weighted by molar-refractivity contribution is 0.611. The van der Waals surface area contributed by atoms with E-state index in [1.807, 2.05) is 0 Å². The van der Waals surface area contributed by atoms with Crippen molar-refractivity contribution in [2.24, 2.45) is 0 Å². The lowest BCUT2D eigenvalue weighted by atomic mass is 10.2. The van der Waals surface area contributed by atoms with Gasteiger partial charge in [-0.1, -0.05) is 24.6 Å². The Morgan fingerprint density at radius 3 is 3.00 bits per heavy atom. The fourth-order valence-electron chi connectivity index (χ4n) is 1.69. The summed E-state index contributed by atoms with van der Waals surface area (Å²) in [7, 11) is 0. The number of hydrogen-bond donors (Lipinski definition) is 1. The molecule has 0 radical (unpaired) electrons. The van der Waals surface area contributed by atoms with Gasteiger partial charge >= 0.3 is 0 Å². The molecule has 6 heteroatoms. The smallest absolute Gasteiger partial charge is 0.164 e. The number of halogens is 2. The third-order valence-corrected chi connectivity index (χ3v) is 2.93. The minimum atomic E-state index is -0.413. The molecule has 1 N–H and O–H groups in total. The summed E-state index contributed by atoms with van der Waals surface area (Å²) in [6, 6.07) is 4.74. The molecule has 0 fully saturated rings. The van der Waals surface area contributed by atoms with Crippen LogP contribution in [-0.2, 0) is 13.1 Å². The van der Waals surface area contributed by atoms with Gasteiger partial charge in [0.1, 0.15) is 12.1 Å². The van der Waals surface area contributed by atoms with Crippen molar-refractivity contribution in [1.82, 2.24) is 20.1 Å². The molecule has 0 amide bonds. The second-order valence-corrected chi connectivity index (χ2v) is 4.69. The van der Waals surface area contributed by atoms with Crippen molar-refractivity contribution >= 4 is 11.6 Å². The Balaban J connectivity index is 1.97. The molecule has 4 nitrogen and oxygen atoms in total. The van der Waals surface area contributed by atoms with Gasteiger partial charge in [0, 0.05) is 0 Å². The van der Waals surface area contributed by atoms with Gasteiger partial charge in [0.25, 0.3) is 0 Å².